The van der Waals surface area contributed by atoms with Crippen molar-refractivity contribution in [2.24, 2.45) is 0 Å². The largest absolute Gasteiger partial charge is 0.493 e. The van der Waals surface area contributed by atoms with Gasteiger partial charge in [0.25, 0.3) is 0 Å². The number of fused-ring (bicyclic) bond motifs is 1. The van der Waals surface area contributed by atoms with Crippen LogP contribution in [0, 0.1) is 0 Å². The summed E-state index contributed by atoms with van der Waals surface area (Å²) in [4.78, 5) is 39.3. The lowest BCUT2D eigenvalue weighted by Crippen LogP contribution is -2.21. The van der Waals surface area contributed by atoms with Gasteiger partial charge in [-0.05, 0) is 43.7 Å². The monoisotopic (exact) mass is 532 g/mol. The molecule has 202 valence electrons. The number of benzene rings is 3. The summed E-state index contributed by atoms with van der Waals surface area (Å²) in [6.07, 6.45) is -1.05. The second kappa shape index (κ2) is 12.2. The normalized spacial score (nSPS) is 11.5. The molecule has 0 saturated heterocycles. The van der Waals surface area contributed by atoms with Crippen LogP contribution in [0.3, 0.4) is 0 Å². The third-order valence-corrected chi connectivity index (χ3v) is 5.85. The molecule has 4 aromatic rings. The zero-order valence-electron chi connectivity index (χ0n) is 22.0. The number of methoxy groups -OCH3 is 2. The molecule has 0 aliphatic heterocycles. The molecule has 0 aliphatic rings. The molecule has 4 rings (SSSR count). The molecule has 1 atom stereocenters. The molecule has 0 aliphatic carbocycles. The van der Waals surface area contributed by atoms with E-state index in [4.69, 9.17) is 28.1 Å². The molecule has 0 spiro atoms. The van der Waals surface area contributed by atoms with E-state index in [1.54, 1.807) is 62.4 Å². The maximum absolute atomic E-state index is 13.7. The van der Waals surface area contributed by atoms with Gasteiger partial charge in [0.1, 0.15) is 11.3 Å². The van der Waals surface area contributed by atoms with E-state index in [9.17, 15) is 14.4 Å². The summed E-state index contributed by atoms with van der Waals surface area (Å²) in [5.74, 6) is -0.577. The first-order valence-electron chi connectivity index (χ1n) is 12.3. The van der Waals surface area contributed by atoms with Gasteiger partial charge in [0.2, 0.25) is 17.3 Å². The van der Waals surface area contributed by atoms with Crippen LogP contribution in [0.5, 0.6) is 17.2 Å². The van der Waals surface area contributed by atoms with Crippen molar-refractivity contribution in [1.82, 2.24) is 0 Å². The van der Waals surface area contributed by atoms with Gasteiger partial charge in [0.05, 0.1) is 38.4 Å². The highest BCUT2D eigenvalue weighted by Crippen LogP contribution is 2.34. The molecule has 9 nitrogen and oxygen atoms in total. The summed E-state index contributed by atoms with van der Waals surface area (Å²) in [6, 6.07) is 18.2. The van der Waals surface area contributed by atoms with Crippen molar-refractivity contribution in [3.63, 3.8) is 0 Å². The quantitative estimate of drug-likeness (QED) is 0.250. The first kappa shape index (κ1) is 27.3. The third-order valence-electron chi connectivity index (χ3n) is 5.85. The van der Waals surface area contributed by atoms with Crippen LogP contribution >= 0.6 is 0 Å². The van der Waals surface area contributed by atoms with Gasteiger partial charge in [0.15, 0.2) is 11.5 Å². The molecule has 0 amide bonds. The number of carbonyl (C=O) groups is 2. The first-order chi connectivity index (χ1) is 18.9. The highest BCUT2D eigenvalue weighted by atomic mass is 16.6. The fourth-order valence-corrected chi connectivity index (χ4v) is 4.08. The number of hydrogen-bond acceptors (Lipinski definition) is 9. The number of carbonyl (C=O) groups excluding carboxylic acids is 2. The Kier molecular flexibility index (Phi) is 8.50. The summed E-state index contributed by atoms with van der Waals surface area (Å²) < 4.78 is 33.0. The Morgan fingerprint density at radius 2 is 1.56 bits per heavy atom. The molecule has 0 N–H and O–H groups in total. The van der Waals surface area contributed by atoms with Crippen molar-refractivity contribution < 1.29 is 37.7 Å². The van der Waals surface area contributed by atoms with E-state index in [2.05, 4.69) is 0 Å². The molecule has 0 bridgehead atoms. The van der Waals surface area contributed by atoms with E-state index in [0.717, 1.165) is 0 Å². The lowest BCUT2D eigenvalue weighted by molar-refractivity contribution is -0.151. The van der Waals surface area contributed by atoms with Gasteiger partial charge in [-0.1, -0.05) is 36.4 Å². The highest BCUT2D eigenvalue weighted by Gasteiger charge is 2.27. The van der Waals surface area contributed by atoms with E-state index in [0.29, 0.717) is 22.6 Å². The second-order valence-corrected chi connectivity index (χ2v) is 8.24. The van der Waals surface area contributed by atoms with Gasteiger partial charge in [-0.3, -0.25) is 4.79 Å². The molecule has 1 aromatic heterocycles. The predicted octanol–water partition coefficient (Wildman–Crippen LogP) is 5.34. The van der Waals surface area contributed by atoms with Crippen LogP contribution in [0.2, 0.25) is 0 Å². The van der Waals surface area contributed by atoms with Gasteiger partial charge < -0.3 is 28.1 Å². The fraction of sp³-hybridized carbons (Fsp3) is 0.233. The fourth-order valence-electron chi connectivity index (χ4n) is 4.08. The maximum Gasteiger partial charge on any atom is 0.375 e. The number of rotatable bonds is 10. The maximum atomic E-state index is 13.7. The average Bonchev–Trinajstić information content (AvgIpc) is 2.96. The molecule has 0 unspecified atom stereocenters. The van der Waals surface area contributed by atoms with Crippen LogP contribution in [0.1, 0.15) is 36.1 Å². The lowest BCUT2D eigenvalue weighted by Gasteiger charge is -2.18. The van der Waals surface area contributed by atoms with E-state index in [-0.39, 0.29) is 41.3 Å². The Hall–Kier alpha value is -4.79. The van der Waals surface area contributed by atoms with Crippen LogP contribution in [-0.2, 0) is 14.3 Å². The van der Waals surface area contributed by atoms with E-state index in [1.807, 2.05) is 6.07 Å². The zero-order valence-corrected chi connectivity index (χ0v) is 22.0. The molecule has 9 heteroatoms. The Labute approximate surface area is 224 Å². The minimum absolute atomic E-state index is 0.0178. The van der Waals surface area contributed by atoms with Crippen LogP contribution in [0.4, 0.5) is 0 Å². The van der Waals surface area contributed by atoms with Crippen LogP contribution in [0.25, 0.3) is 22.1 Å². The van der Waals surface area contributed by atoms with Gasteiger partial charge in [-0.25, -0.2) is 9.59 Å². The molecule has 0 saturated carbocycles. The Morgan fingerprint density at radius 1 is 0.846 bits per heavy atom. The van der Waals surface area contributed by atoms with Crippen LogP contribution in [0.15, 0.2) is 75.9 Å². The van der Waals surface area contributed by atoms with Crippen molar-refractivity contribution in [1.29, 1.82) is 0 Å². The third kappa shape index (κ3) is 5.72. The van der Waals surface area contributed by atoms with Gasteiger partial charge in [0, 0.05) is 11.6 Å². The summed E-state index contributed by atoms with van der Waals surface area (Å²) in [5, 5.41) is 0.201. The van der Waals surface area contributed by atoms with Gasteiger partial charge >= 0.3 is 11.9 Å². The van der Waals surface area contributed by atoms with E-state index in [1.165, 1.54) is 26.4 Å². The summed E-state index contributed by atoms with van der Waals surface area (Å²) >= 11 is 0. The van der Waals surface area contributed by atoms with Gasteiger partial charge in [-0.15, -0.1) is 0 Å². The Morgan fingerprint density at radius 3 is 2.23 bits per heavy atom. The number of ether oxygens (including phenoxy) is 5. The topological polar surface area (TPSA) is 111 Å². The molecule has 3 aromatic carbocycles. The van der Waals surface area contributed by atoms with Crippen LogP contribution in [-0.4, -0.2) is 39.4 Å². The second-order valence-electron chi connectivity index (χ2n) is 8.24. The summed E-state index contributed by atoms with van der Waals surface area (Å²) in [6.45, 7) is 3.61. The minimum Gasteiger partial charge on any atom is -0.493 e. The molecular formula is C30H28O9. The molecule has 0 radical (unpaired) electrons. The summed E-state index contributed by atoms with van der Waals surface area (Å²) in [5.41, 5.74) is 0.624. The van der Waals surface area contributed by atoms with Crippen molar-refractivity contribution >= 4 is 22.9 Å². The van der Waals surface area contributed by atoms with Crippen molar-refractivity contribution in [2.45, 2.75) is 20.0 Å². The SMILES string of the molecule is CCOC(=O)c1oc2cc(O[C@@H](C(=O)OCC)c3ccccc3)ccc2c(=O)c1-c1ccc(OC)c(OC)c1. The van der Waals surface area contributed by atoms with Crippen molar-refractivity contribution in [3.05, 3.63) is 88.3 Å². The molecule has 0 fully saturated rings. The smallest absolute Gasteiger partial charge is 0.375 e. The minimum atomic E-state index is -1.05. The summed E-state index contributed by atoms with van der Waals surface area (Å²) in [7, 11) is 2.97. The average molecular weight is 533 g/mol. The number of esters is 2. The van der Waals surface area contributed by atoms with Gasteiger partial charge in [-0.2, -0.15) is 0 Å². The highest BCUT2D eigenvalue weighted by molar-refractivity contribution is 5.98. The first-order valence-corrected chi connectivity index (χ1v) is 12.3. The van der Waals surface area contributed by atoms with E-state index >= 15 is 0 Å². The Bertz CT molecular complexity index is 1540. The predicted molar refractivity (Wildman–Crippen MR) is 143 cm³/mol. The Balaban J connectivity index is 1.84. The number of hydrogen-bond donors (Lipinski definition) is 0. The molecular weight excluding hydrogens is 504 g/mol. The molecule has 39 heavy (non-hydrogen) atoms. The van der Waals surface area contributed by atoms with E-state index < -0.39 is 23.5 Å². The molecule has 1 heterocycles. The van der Waals surface area contributed by atoms with Crippen molar-refractivity contribution in [3.8, 4) is 28.4 Å². The zero-order chi connectivity index (χ0) is 27.9. The standard InChI is InChI=1S/C30H28O9/c1-5-36-29(32)27(18-10-8-7-9-11-18)38-20-13-14-21-23(17-20)39-28(30(33)37-6-2)25(26(21)31)19-12-15-22(34-3)24(16-19)35-4/h7-17,27H,5-6H2,1-4H3/t27-/m1/s1. The van der Waals surface area contributed by atoms with Crippen molar-refractivity contribution in [2.75, 3.05) is 27.4 Å². The van der Waals surface area contributed by atoms with Crippen LogP contribution < -0.4 is 19.6 Å². The lowest BCUT2D eigenvalue weighted by atomic mass is 10.0.